The van der Waals surface area contributed by atoms with Gasteiger partial charge in [-0.05, 0) is 111 Å². The summed E-state index contributed by atoms with van der Waals surface area (Å²) in [4.78, 5) is 0. The van der Waals surface area contributed by atoms with E-state index in [2.05, 4.69) is 194 Å². The zero-order valence-electron chi connectivity index (χ0n) is 40.7. The highest BCUT2D eigenvalue weighted by Crippen LogP contribution is 2.50. The van der Waals surface area contributed by atoms with Crippen LogP contribution in [0.2, 0.25) is 0 Å². The van der Waals surface area contributed by atoms with Crippen LogP contribution in [0.1, 0.15) is 89.1 Å². The topological polar surface area (TPSA) is 52.5 Å². The van der Waals surface area contributed by atoms with Crippen LogP contribution in [0.4, 0.5) is 11.4 Å². The number of rotatable bonds is 4. The van der Waals surface area contributed by atoms with Gasteiger partial charge in [0.25, 0.3) is 0 Å². The summed E-state index contributed by atoms with van der Waals surface area (Å²) in [5.41, 5.74) is 20.4. The van der Waals surface area contributed by atoms with E-state index in [9.17, 15) is 0 Å². The van der Waals surface area contributed by atoms with Gasteiger partial charge in [-0.15, -0.1) is 0 Å². The fourth-order valence-corrected chi connectivity index (χ4v) is 11.9. The summed E-state index contributed by atoms with van der Waals surface area (Å²) >= 11 is 0. The van der Waals surface area contributed by atoms with Crippen molar-refractivity contribution in [3.8, 4) is 22.6 Å². The van der Waals surface area contributed by atoms with Gasteiger partial charge in [0.15, 0.2) is 7.28 Å². The standard InChI is InChI=1S/C64H52BN2O3/c1-35-26-55(36-14-10-9-11-15-36)69-58-34-53-50(30-42(35)58)65-60-40(22-23-41-44-28-45-39-16-12-13-17-54(39)68-59(45)33-52(44)67(53)61(41)60)43-27-46-47-29-48-49(64(7,8)25-24-63(48,5)6)31-56(47)70-57(46)32-51(43)66-38-20-18-37(19-21-38)62(2,3)4/h9-23,26-34,66H,1,24-25H2,2-8H3. The summed E-state index contributed by atoms with van der Waals surface area (Å²) < 4.78 is 22.8. The quantitative estimate of drug-likeness (QED) is 0.179. The van der Waals surface area contributed by atoms with Crippen molar-refractivity contribution in [2.75, 3.05) is 5.32 Å². The molecule has 2 aliphatic heterocycles. The molecule has 11 aromatic rings. The van der Waals surface area contributed by atoms with Crippen LogP contribution < -0.4 is 21.0 Å². The molecule has 3 aliphatic rings. The van der Waals surface area contributed by atoms with Crippen LogP contribution in [0.5, 0.6) is 5.75 Å². The van der Waals surface area contributed by atoms with Crippen molar-refractivity contribution in [3.05, 3.63) is 180 Å². The normalized spacial score (nSPS) is 15.8. The van der Waals surface area contributed by atoms with E-state index in [1.165, 1.54) is 27.5 Å². The monoisotopic (exact) mass is 907 g/mol. The molecule has 0 atom stereocenters. The molecule has 0 saturated carbocycles. The Bertz CT molecular complexity index is 4130. The van der Waals surface area contributed by atoms with Gasteiger partial charge in [0.05, 0.1) is 11.2 Å². The molecular formula is C64H52BN2O3. The second kappa shape index (κ2) is 14.2. The number of ether oxygens (including phenoxy) is 1. The molecule has 6 heteroatoms. The van der Waals surface area contributed by atoms with E-state index in [-0.39, 0.29) is 16.2 Å². The maximum absolute atomic E-state index is 6.93. The Morgan fingerprint density at radius 1 is 0.600 bits per heavy atom. The molecule has 339 valence electrons. The number of nitrogens with one attached hydrogen (secondary N) is 1. The van der Waals surface area contributed by atoms with Crippen LogP contribution in [0.3, 0.4) is 0 Å². The van der Waals surface area contributed by atoms with Crippen LogP contribution in [0, 0.1) is 0 Å². The highest BCUT2D eigenvalue weighted by Gasteiger charge is 2.38. The lowest BCUT2D eigenvalue weighted by atomic mass is 9.58. The van der Waals surface area contributed by atoms with Crippen LogP contribution in [-0.4, -0.2) is 11.8 Å². The van der Waals surface area contributed by atoms with Crippen molar-refractivity contribution in [1.82, 2.24) is 4.57 Å². The Hall–Kier alpha value is -7.70. The molecule has 14 rings (SSSR count). The van der Waals surface area contributed by atoms with E-state index in [0.717, 1.165) is 135 Å². The second-order valence-electron chi connectivity index (χ2n) is 22.4. The number of furan rings is 2. The number of hydrogen-bond acceptors (Lipinski definition) is 4. The molecule has 70 heavy (non-hydrogen) atoms. The first-order valence-corrected chi connectivity index (χ1v) is 24.7. The third-order valence-electron chi connectivity index (χ3n) is 16.0. The van der Waals surface area contributed by atoms with Gasteiger partial charge >= 0.3 is 0 Å². The maximum atomic E-state index is 6.93. The zero-order chi connectivity index (χ0) is 47.6. The van der Waals surface area contributed by atoms with Gasteiger partial charge in [-0.2, -0.15) is 0 Å². The largest absolute Gasteiger partial charge is 0.456 e. The number of benzene rings is 8. The van der Waals surface area contributed by atoms with Gasteiger partial charge in [-0.3, -0.25) is 0 Å². The molecule has 8 aromatic carbocycles. The number of anilines is 2. The molecule has 0 spiro atoms. The SMILES string of the molecule is C=C1C=C(c2ccccc2)Oc2cc3c(cc21)[B]c1c(-c2cc4c(cc2Nc2ccc(C(C)(C)C)cc2)oc2cc5c(cc24)C(C)(C)CCC5(C)C)ccc2c4cc5c(cc4n-3c12)oc1ccccc15. The first kappa shape index (κ1) is 41.3. The molecule has 5 heterocycles. The van der Waals surface area contributed by atoms with Crippen LogP contribution >= 0.6 is 0 Å². The van der Waals surface area contributed by atoms with Crippen LogP contribution in [0.15, 0.2) is 161 Å². The van der Waals surface area contributed by atoms with E-state index in [1.54, 1.807) is 0 Å². The smallest absolute Gasteiger partial charge is 0.197 e. The molecule has 0 amide bonds. The van der Waals surface area contributed by atoms with Gasteiger partial charge in [0.1, 0.15) is 33.8 Å². The van der Waals surface area contributed by atoms with Gasteiger partial charge < -0.3 is 23.5 Å². The molecule has 1 aliphatic carbocycles. The Balaban J connectivity index is 1.04. The number of allylic oxidation sites excluding steroid dienone is 2. The maximum Gasteiger partial charge on any atom is 0.197 e. The van der Waals surface area contributed by atoms with Gasteiger partial charge in [-0.1, -0.05) is 139 Å². The minimum Gasteiger partial charge on any atom is -0.456 e. The molecule has 1 N–H and O–H groups in total. The zero-order valence-corrected chi connectivity index (χ0v) is 40.7. The average molecular weight is 908 g/mol. The van der Waals surface area contributed by atoms with Crippen molar-refractivity contribution >= 4 is 107 Å². The van der Waals surface area contributed by atoms with Crippen molar-refractivity contribution in [2.45, 2.75) is 77.6 Å². The number of nitrogens with zero attached hydrogens (tertiary/aromatic N) is 1. The van der Waals surface area contributed by atoms with Crippen molar-refractivity contribution in [2.24, 2.45) is 0 Å². The van der Waals surface area contributed by atoms with Gasteiger partial charge in [0.2, 0.25) is 0 Å². The Kier molecular flexibility index (Phi) is 8.38. The second-order valence-corrected chi connectivity index (χ2v) is 22.4. The van der Waals surface area contributed by atoms with Gasteiger partial charge in [0, 0.05) is 84.1 Å². The lowest BCUT2D eigenvalue weighted by Gasteiger charge is -2.41. The van der Waals surface area contributed by atoms with Crippen LogP contribution in [-0.2, 0) is 16.2 Å². The number of fused-ring (bicyclic) bond motifs is 13. The Labute approximate surface area is 408 Å². The predicted octanol–water partition coefficient (Wildman–Crippen LogP) is 16.1. The average Bonchev–Trinajstić information content (AvgIpc) is 4.00. The predicted molar refractivity (Wildman–Crippen MR) is 294 cm³/mol. The highest BCUT2D eigenvalue weighted by molar-refractivity contribution is 6.73. The summed E-state index contributed by atoms with van der Waals surface area (Å²) in [5, 5.41) is 10.7. The lowest BCUT2D eigenvalue weighted by molar-refractivity contribution is 0.332. The van der Waals surface area contributed by atoms with E-state index in [4.69, 9.17) is 13.6 Å². The summed E-state index contributed by atoms with van der Waals surface area (Å²) in [6.07, 6.45) is 4.35. The molecule has 0 fully saturated rings. The van der Waals surface area contributed by atoms with E-state index >= 15 is 0 Å². The van der Waals surface area contributed by atoms with E-state index in [0.29, 0.717) is 0 Å². The third kappa shape index (κ3) is 6.05. The number of hydrogen-bond donors (Lipinski definition) is 1. The molecule has 5 nitrogen and oxygen atoms in total. The molecule has 1 radical (unpaired) electrons. The van der Waals surface area contributed by atoms with E-state index in [1.807, 2.05) is 24.3 Å². The highest BCUT2D eigenvalue weighted by atomic mass is 16.5. The molecule has 0 bridgehead atoms. The minimum atomic E-state index is 0.0374. The van der Waals surface area contributed by atoms with Crippen molar-refractivity contribution in [1.29, 1.82) is 0 Å². The first-order valence-electron chi connectivity index (χ1n) is 24.7. The molecule has 3 aromatic heterocycles. The molecule has 0 saturated heterocycles. The molecule has 0 unspecified atom stereocenters. The number of aromatic nitrogens is 1. The van der Waals surface area contributed by atoms with Crippen molar-refractivity contribution in [3.63, 3.8) is 0 Å². The Morgan fingerprint density at radius 2 is 1.29 bits per heavy atom. The lowest BCUT2D eigenvalue weighted by Crippen LogP contribution is -2.37. The Morgan fingerprint density at radius 3 is 2.07 bits per heavy atom. The summed E-state index contributed by atoms with van der Waals surface area (Å²) in [6, 6.07) is 50.6. The van der Waals surface area contributed by atoms with Crippen LogP contribution in [0.25, 0.3) is 93.8 Å². The third-order valence-corrected chi connectivity index (χ3v) is 16.0. The first-order chi connectivity index (χ1) is 33.7. The fraction of sp³-hybridized carbons (Fsp3) is 0.188. The summed E-state index contributed by atoms with van der Waals surface area (Å²) in [7, 11) is 2.38. The summed E-state index contributed by atoms with van der Waals surface area (Å²) in [6.45, 7) is 20.9. The van der Waals surface area contributed by atoms with Gasteiger partial charge in [-0.25, -0.2) is 0 Å². The fourth-order valence-electron chi connectivity index (χ4n) is 11.9. The van der Waals surface area contributed by atoms with Crippen molar-refractivity contribution < 1.29 is 13.6 Å². The summed E-state index contributed by atoms with van der Waals surface area (Å²) in [5.74, 6) is 1.57. The minimum absolute atomic E-state index is 0.0374. The molecular weight excluding hydrogens is 856 g/mol. The number of para-hydroxylation sites is 1. The van der Waals surface area contributed by atoms with E-state index < -0.39 is 0 Å².